The Balaban J connectivity index is 1.71. The minimum Gasteiger partial charge on any atom is -0.493 e. The van der Waals surface area contributed by atoms with E-state index in [4.69, 9.17) is 21.1 Å². The van der Waals surface area contributed by atoms with Gasteiger partial charge in [0.1, 0.15) is 0 Å². The molecule has 1 aromatic heterocycles. The number of rotatable bonds is 8. The molecule has 0 aliphatic carbocycles. The predicted molar refractivity (Wildman–Crippen MR) is 109 cm³/mol. The number of ether oxygens (including phenoxy) is 2. The summed E-state index contributed by atoms with van der Waals surface area (Å²) in [6.07, 6.45) is 3.74. The van der Waals surface area contributed by atoms with Gasteiger partial charge in [0, 0.05) is 0 Å². The fourth-order valence-electron chi connectivity index (χ4n) is 2.43. The van der Waals surface area contributed by atoms with E-state index in [1.54, 1.807) is 13.3 Å². The van der Waals surface area contributed by atoms with Crippen molar-refractivity contribution in [3.63, 3.8) is 0 Å². The summed E-state index contributed by atoms with van der Waals surface area (Å²) in [6, 6.07) is 13.2. The fourth-order valence-corrected chi connectivity index (χ4v) is 2.60. The van der Waals surface area contributed by atoms with Crippen LogP contribution in [-0.2, 0) is 0 Å². The van der Waals surface area contributed by atoms with Crippen molar-refractivity contribution in [3.05, 3.63) is 53.2 Å². The molecule has 0 spiro atoms. The molecule has 0 saturated heterocycles. The van der Waals surface area contributed by atoms with Crippen LogP contribution in [0.5, 0.6) is 11.5 Å². The highest BCUT2D eigenvalue weighted by Crippen LogP contribution is 2.28. The first kappa shape index (κ1) is 18.9. The Morgan fingerprint density at radius 2 is 1.89 bits per heavy atom. The number of aromatic nitrogens is 2. The third-order valence-electron chi connectivity index (χ3n) is 3.86. The van der Waals surface area contributed by atoms with Gasteiger partial charge in [-0.25, -0.2) is 9.97 Å². The zero-order valence-electron chi connectivity index (χ0n) is 15.3. The van der Waals surface area contributed by atoms with Crippen LogP contribution in [0.1, 0.15) is 25.3 Å². The van der Waals surface area contributed by atoms with E-state index in [1.165, 1.54) is 0 Å². The Morgan fingerprint density at radius 1 is 1.11 bits per heavy atom. The fraction of sp³-hybridized carbons (Fsp3) is 0.250. The lowest BCUT2D eigenvalue weighted by Crippen LogP contribution is -2.00. The molecular weight excluding hydrogens is 364 g/mol. The summed E-state index contributed by atoms with van der Waals surface area (Å²) in [5.41, 5.74) is 5.17. The Labute approximate surface area is 163 Å². The van der Waals surface area contributed by atoms with E-state index in [0.29, 0.717) is 18.2 Å². The summed E-state index contributed by atoms with van der Waals surface area (Å²) in [5.74, 6) is 1.79. The topological polar surface area (TPSA) is 68.6 Å². The number of halogens is 1. The van der Waals surface area contributed by atoms with Crippen LogP contribution in [0.15, 0.2) is 47.6 Å². The zero-order valence-corrected chi connectivity index (χ0v) is 16.0. The quantitative estimate of drug-likeness (QED) is 0.339. The maximum absolute atomic E-state index is 6.17. The average molecular weight is 385 g/mol. The van der Waals surface area contributed by atoms with Gasteiger partial charge in [0.05, 0.1) is 31.0 Å². The second-order valence-electron chi connectivity index (χ2n) is 5.83. The van der Waals surface area contributed by atoms with E-state index in [9.17, 15) is 0 Å². The lowest BCUT2D eigenvalue weighted by atomic mass is 10.2. The summed E-state index contributed by atoms with van der Waals surface area (Å²) in [7, 11) is 1.62. The van der Waals surface area contributed by atoms with Crippen molar-refractivity contribution in [2.24, 2.45) is 5.10 Å². The van der Waals surface area contributed by atoms with Gasteiger partial charge in [-0.2, -0.15) is 5.10 Å². The predicted octanol–water partition coefficient (Wildman–Crippen LogP) is 4.92. The molecule has 7 heteroatoms. The highest BCUT2D eigenvalue weighted by atomic mass is 35.5. The van der Waals surface area contributed by atoms with E-state index in [1.807, 2.05) is 42.5 Å². The van der Waals surface area contributed by atoms with Crippen LogP contribution in [-0.4, -0.2) is 29.9 Å². The van der Waals surface area contributed by atoms with E-state index >= 15 is 0 Å². The van der Waals surface area contributed by atoms with Crippen LogP contribution < -0.4 is 14.9 Å². The third kappa shape index (κ3) is 4.86. The molecule has 0 atom stereocenters. The van der Waals surface area contributed by atoms with E-state index in [0.717, 1.165) is 35.2 Å². The number of unbranched alkanes of at least 4 members (excludes halogenated alkanes) is 1. The van der Waals surface area contributed by atoms with Gasteiger partial charge in [0.15, 0.2) is 22.5 Å². The number of para-hydroxylation sites is 2. The monoisotopic (exact) mass is 384 g/mol. The molecule has 1 heterocycles. The lowest BCUT2D eigenvalue weighted by Gasteiger charge is -2.10. The van der Waals surface area contributed by atoms with Crippen LogP contribution >= 0.6 is 11.6 Å². The Bertz CT molecular complexity index is 946. The van der Waals surface area contributed by atoms with Gasteiger partial charge in [0.2, 0.25) is 0 Å². The van der Waals surface area contributed by atoms with Crippen LogP contribution in [0.2, 0.25) is 5.15 Å². The molecule has 0 unspecified atom stereocenters. The Hall–Kier alpha value is -2.86. The maximum atomic E-state index is 6.17. The first-order valence-corrected chi connectivity index (χ1v) is 9.11. The van der Waals surface area contributed by atoms with E-state index in [2.05, 4.69) is 27.4 Å². The van der Waals surface area contributed by atoms with Crippen molar-refractivity contribution in [2.75, 3.05) is 19.1 Å². The van der Waals surface area contributed by atoms with Gasteiger partial charge >= 0.3 is 0 Å². The molecule has 1 N–H and O–H groups in total. The number of fused-ring (bicyclic) bond motifs is 1. The minimum absolute atomic E-state index is 0.267. The van der Waals surface area contributed by atoms with Crippen molar-refractivity contribution in [2.45, 2.75) is 19.8 Å². The van der Waals surface area contributed by atoms with Crippen molar-refractivity contribution < 1.29 is 9.47 Å². The molecule has 0 radical (unpaired) electrons. The summed E-state index contributed by atoms with van der Waals surface area (Å²) < 4.78 is 11.1. The highest BCUT2D eigenvalue weighted by Gasteiger charge is 2.07. The summed E-state index contributed by atoms with van der Waals surface area (Å²) in [5, 5.41) is 4.47. The largest absolute Gasteiger partial charge is 0.493 e. The summed E-state index contributed by atoms with van der Waals surface area (Å²) in [6.45, 7) is 2.79. The molecule has 0 fully saturated rings. The summed E-state index contributed by atoms with van der Waals surface area (Å²) >= 11 is 6.17. The Morgan fingerprint density at radius 3 is 2.63 bits per heavy atom. The number of anilines is 1. The second kappa shape index (κ2) is 9.19. The van der Waals surface area contributed by atoms with Crippen molar-refractivity contribution in [1.82, 2.24) is 9.97 Å². The molecule has 140 valence electrons. The minimum atomic E-state index is 0.267. The van der Waals surface area contributed by atoms with Crippen LogP contribution in [0.25, 0.3) is 11.0 Å². The molecule has 3 rings (SSSR count). The molecular formula is C20H21ClN4O2. The van der Waals surface area contributed by atoms with Gasteiger partial charge < -0.3 is 9.47 Å². The van der Waals surface area contributed by atoms with Gasteiger partial charge in [-0.3, -0.25) is 5.43 Å². The van der Waals surface area contributed by atoms with E-state index < -0.39 is 0 Å². The SMILES string of the molecule is CCCCOc1ccc(/C=N/Nc2nc3ccccc3nc2Cl)cc1OC. The molecule has 3 aromatic rings. The van der Waals surface area contributed by atoms with Crippen molar-refractivity contribution in [3.8, 4) is 11.5 Å². The number of hydrazone groups is 1. The lowest BCUT2D eigenvalue weighted by molar-refractivity contribution is 0.288. The van der Waals surface area contributed by atoms with Crippen LogP contribution in [0, 0.1) is 0 Å². The molecule has 0 aliphatic heterocycles. The first-order chi connectivity index (χ1) is 13.2. The third-order valence-corrected chi connectivity index (χ3v) is 4.12. The van der Waals surface area contributed by atoms with Gasteiger partial charge in [-0.15, -0.1) is 0 Å². The number of nitrogens with zero attached hydrogens (tertiary/aromatic N) is 3. The number of methoxy groups -OCH3 is 1. The number of benzene rings is 2. The maximum Gasteiger partial charge on any atom is 0.185 e. The first-order valence-electron chi connectivity index (χ1n) is 8.73. The molecule has 2 aromatic carbocycles. The second-order valence-corrected chi connectivity index (χ2v) is 6.19. The standard InChI is InChI=1S/C20H21ClN4O2/c1-3-4-11-27-17-10-9-14(12-18(17)26-2)13-22-25-20-19(21)23-15-7-5-6-8-16(15)24-20/h5-10,12-13H,3-4,11H2,1-2H3,(H,24,25)/b22-13+. The van der Waals surface area contributed by atoms with Gasteiger partial charge in [0.25, 0.3) is 0 Å². The summed E-state index contributed by atoms with van der Waals surface area (Å²) in [4.78, 5) is 8.74. The van der Waals surface area contributed by atoms with E-state index in [-0.39, 0.29) is 5.15 Å². The molecule has 0 aliphatic rings. The van der Waals surface area contributed by atoms with Gasteiger partial charge in [-0.1, -0.05) is 37.1 Å². The molecule has 0 amide bonds. The zero-order chi connectivity index (χ0) is 19.1. The smallest absolute Gasteiger partial charge is 0.185 e. The molecule has 0 bridgehead atoms. The molecule has 27 heavy (non-hydrogen) atoms. The normalized spacial score (nSPS) is 11.1. The number of nitrogens with one attached hydrogen (secondary N) is 1. The van der Waals surface area contributed by atoms with Crippen LogP contribution in [0.4, 0.5) is 5.82 Å². The molecule has 0 saturated carbocycles. The van der Waals surface area contributed by atoms with Crippen molar-refractivity contribution in [1.29, 1.82) is 0 Å². The highest BCUT2D eigenvalue weighted by molar-refractivity contribution is 6.32. The number of hydrogen-bond acceptors (Lipinski definition) is 6. The number of hydrogen-bond donors (Lipinski definition) is 1. The van der Waals surface area contributed by atoms with Gasteiger partial charge in [-0.05, 0) is 42.3 Å². The van der Waals surface area contributed by atoms with Crippen LogP contribution in [0.3, 0.4) is 0 Å². The average Bonchev–Trinajstić information content (AvgIpc) is 2.69. The Kier molecular flexibility index (Phi) is 6.44. The molecule has 6 nitrogen and oxygen atoms in total. The van der Waals surface area contributed by atoms with Crippen molar-refractivity contribution >= 4 is 34.7 Å².